The van der Waals surface area contributed by atoms with Crippen molar-refractivity contribution in [2.24, 2.45) is 0 Å². The standard InChI is InChI=1S/C4H6O3.C3H2O3/c1-3(5)7-4(2)6;4-2-1-3(5)6-2/h1-2H3;1H2. The number of cyclic esters (lactones) is 2. The fourth-order valence-corrected chi connectivity index (χ4v) is 0.439. The molecular formula is C7H8O6. The molecule has 0 spiro atoms. The number of carbonyl (C=O) groups excluding carboxylic acids is 4. The summed E-state index contributed by atoms with van der Waals surface area (Å²) in [5.74, 6) is -1.96. The van der Waals surface area contributed by atoms with Gasteiger partial charge in [-0.1, -0.05) is 0 Å². The Labute approximate surface area is 73.8 Å². The molecule has 1 aliphatic heterocycles. The third-order valence-corrected chi connectivity index (χ3v) is 0.804. The number of hydrogen-bond acceptors (Lipinski definition) is 6. The SMILES string of the molecule is CC(=O)OC(C)=O.O=C1CC(=O)O1. The summed E-state index contributed by atoms with van der Waals surface area (Å²) < 4.78 is 7.83. The molecule has 0 bridgehead atoms. The van der Waals surface area contributed by atoms with Crippen molar-refractivity contribution in [3.05, 3.63) is 0 Å². The van der Waals surface area contributed by atoms with E-state index in [1.54, 1.807) is 0 Å². The maximum atomic E-state index is 9.81. The van der Waals surface area contributed by atoms with Gasteiger partial charge in [-0.25, -0.2) is 0 Å². The fourth-order valence-electron chi connectivity index (χ4n) is 0.439. The normalized spacial score (nSPS) is 13.1. The highest BCUT2D eigenvalue weighted by Gasteiger charge is 2.24. The van der Waals surface area contributed by atoms with Gasteiger partial charge in [0.05, 0.1) is 0 Å². The van der Waals surface area contributed by atoms with Crippen molar-refractivity contribution in [3.63, 3.8) is 0 Å². The van der Waals surface area contributed by atoms with Gasteiger partial charge in [0.1, 0.15) is 6.42 Å². The quantitative estimate of drug-likeness (QED) is 0.378. The lowest BCUT2D eigenvalue weighted by Gasteiger charge is -2.06. The molecule has 6 nitrogen and oxygen atoms in total. The third-order valence-electron chi connectivity index (χ3n) is 0.804. The van der Waals surface area contributed by atoms with Gasteiger partial charge in [-0.05, 0) is 0 Å². The van der Waals surface area contributed by atoms with Crippen LogP contribution in [0.4, 0.5) is 0 Å². The molecule has 1 rings (SSSR count). The van der Waals surface area contributed by atoms with Crippen molar-refractivity contribution in [2.75, 3.05) is 0 Å². The lowest BCUT2D eigenvalue weighted by Crippen LogP contribution is -2.26. The van der Waals surface area contributed by atoms with Crippen molar-refractivity contribution >= 4 is 23.9 Å². The van der Waals surface area contributed by atoms with Crippen molar-refractivity contribution in [1.29, 1.82) is 0 Å². The maximum Gasteiger partial charge on any atom is 0.324 e. The molecule has 72 valence electrons. The molecule has 0 unspecified atom stereocenters. The van der Waals surface area contributed by atoms with Crippen LogP contribution in [0.15, 0.2) is 0 Å². The molecule has 0 amide bonds. The third kappa shape index (κ3) is 6.67. The molecule has 0 saturated carbocycles. The molecule has 1 aliphatic rings. The van der Waals surface area contributed by atoms with E-state index in [4.69, 9.17) is 0 Å². The van der Waals surface area contributed by atoms with E-state index in [0.717, 1.165) is 0 Å². The van der Waals surface area contributed by atoms with Crippen LogP contribution in [0, 0.1) is 0 Å². The highest BCUT2D eigenvalue weighted by atomic mass is 16.6. The minimum absolute atomic E-state index is 0.0278. The van der Waals surface area contributed by atoms with E-state index in [2.05, 4.69) is 9.47 Å². The van der Waals surface area contributed by atoms with Crippen LogP contribution in [-0.2, 0) is 28.7 Å². The number of esters is 4. The number of carbonyl (C=O) groups is 4. The maximum absolute atomic E-state index is 9.81. The minimum Gasteiger partial charge on any atom is -0.394 e. The van der Waals surface area contributed by atoms with Gasteiger partial charge in [-0.15, -0.1) is 0 Å². The fraction of sp³-hybridized carbons (Fsp3) is 0.429. The summed E-state index contributed by atoms with van der Waals surface area (Å²) >= 11 is 0. The first kappa shape index (κ1) is 11.3. The minimum atomic E-state index is -0.562. The van der Waals surface area contributed by atoms with Crippen molar-refractivity contribution in [1.82, 2.24) is 0 Å². The van der Waals surface area contributed by atoms with Crippen LogP contribution in [-0.4, -0.2) is 23.9 Å². The van der Waals surface area contributed by atoms with Crippen LogP contribution in [0.3, 0.4) is 0 Å². The van der Waals surface area contributed by atoms with Gasteiger partial charge in [0.15, 0.2) is 0 Å². The lowest BCUT2D eigenvalue weighted by atomic mass is 10.4. The average Bonchev–Trinajstić information content (AvgIpc) is 1.82. The summed E-state index contributed by atoms with van der Waals surface area (Å²) in [5, 5.41) is 0. The zero-order chi connectivity index (χ0) is 10.4. The lowest BCUT2D eigenvalue weighted by molar-refractivity contribution is -0.174. The predicted octanol–water partition coefficient (Wildman–Crippen LogP) is -0.444. The molecule has 0 aromatic rings. The topological polar surface area (TPSA) is 86.7 Å². The number of ether oxygens (including phenoxy) is 2. The van der Waals surface area contributed by atoms with Gasteiger partial charge in [0.2, 0.25) is 0 Å². The van der Waals surface area contributed by atoms with Gasteiger partial charge >= 0.3 is 23.9 Å². The Kier molecular flexibility index (Phi) is 4.36. The first-order valence-corrected chi connectivity index (χ1v) is 3.34. The molecule has 0 aromatic carbocycles. The van der Waals surface area contributed by atoms with E-state index in [0.29, 0.717) is 0 Å². The molecule has 0 N–H and O–H groups in total. The van der Waals surface area contributed by atoms with Crippen LogP contribution < -0.4 is 0 Å². The molecule has 0 aromatic heterocycles. The zero-order valence-electron chi connectivity index (χ0n) is 7.16. The van der Waals surface area contributed by atoms with Crippen molar-refractivity contribution < 1.29 is 28.7 Å². The van der Waals surface area contributed by atoms with E-state index in [1.807, 2.05) is 0 Å². The molecule has 0 atom stereocenters. The van der Waals surface area contributed by atoms with Gasteiger partial charge in [0.25, 0.3) is 0 Å². The smallest absolute Gasteiger partial charge is 0.324 e. The summed E-state index contributed by atoms with van der Waals surface area (Å²) in [4.78, 5) is 39.0. The first-order chi connectivity index (χ1) is 5.91. The van der Waals surface area contributed by atoms with Crippen LogP contribution in [0.2, 0.25) is 0 Å². The highest BCUT2D eigenvalue weighted by molar-refractivity contribution is 6.06. The van der Waals surface area contributed by atoms with E-state index in [9.17, 15) is 19.2 Å². The summed E-state index contributed by atoms with van der Waals surface area (Å²) in [6, 6.07) is 0. The Bertz CT molecular complexity index is 220. The molecule has 0 aliphatic carbocycles. The summed E-state index contributed by atoms with van der Waals surface area (Å²) in [5.41, 5.74) is 0. The monoisotopic (exact) mass is 188 g/mol. The van der Waals surface area contributed by atoms with Gasteiger partial charge in [-0.2, -0.15) is 0 Å². The summed E-state index contributed by atoms with van der Waals surface area (Å²) in [6.07, 6.45) is -0.0278. The average molecular weight is 188 g/mol. The molecule has 1 saturated heterocycles. The van der Waals surface area contributed by atoms with E-state index < -0.39 is 23.9 Å². The van der Waals surface area contributed by atoms with Gasteiger partial charge in [0, 0.05) is 13.8 Å². The second-order valence-corrected chi connectivity index (χ2v) is 2.11. The number of rotatable bonds is 0. The molecule has 0 radical (unpaired) electrons. The predicted molar refractivity (Wildman–Crippen MR) is 38.2 cm³/mol. The van der Waals surface area contributed by atoms with Gasteiger partial charge < -0.3 is 9.47 Å². The molecule has 1 fully saturated rings. The molecule has 6 heteroatoms. The van der Waals surface area contributed by atoms with E-state index >= 15 is 0 Å². The Balaban J connectivity index is 0.000000223. The Morgan fingerprint density at radius 1 is 1.15 bits per heavy atom. The van der Waals surface area contributed by atoms with E-state index in [1.165, 1.54) is 13.8 Å². The number of hydrogen-bond donors (Lipinski definition) is 0. The Hall–Kier alpha value is -1.72. The van der Waals surface area contributed by atoms with Crippen LogP contribution in [0.5, 0.6) is 0 Å². The summed E-state index contributed by atoms with van der Waals surface area (Å²) in [7, 11) is 0. The summed E-state index contributed by atoms with van der Waals surface area (Å²) in [6.45, 7) is 2.36. The van der Waals surface area contributed by atoms with Crippen molar-refractivity contribution in [2.45, 2.75) is 20.3 Å². The van der Waals surface area contributed by atoms with Crippen LogP contribution >= 0.6 is 0 Å². The Morgan fingerprint density at radius 2 is 1.46 bits per heavy atom. The first-order valence-electron chi connectivity index (χ1n) is 3.34. The van der Waals surface area contributed by atoms with Crippen LogP contribution in [0.1, 0.15) is 20.3 Å². The Morgan fingerprint density at radius 3 is 1.46 bits per heavy atom. The second-order valence-electron chi connectivity index (χ2n) is 2.11. The molecular weight excluding hydrogens is 180 g/mol. The molecule has 13 heavy (non-hydrogen) atoms. The highest BCUT2D eigenvalue weighted by Crippen LogP contribution is 2.00. The van der Waals surface area contributed by atoms with Crippen LogP contribution in [0.25, 0.3) is 0 Å². The van der Waals surface area contributed by atoms with Gasteiger partial charge in [-0.3, -0.25) is 19.2 Å². The second kappa shape index (κ2) is 5.02. The zero-order valence-corrected chi connectivity index (χ0v) is 7.16. The van der Waals surface area contributed by atoms with Crippen molar-refractivity contribution in [3.8, 4) is 0 Å². The largest absolute Gasteiger partial charge is 0.394 e. The van der Waals surface area contributed by atoms with E-state index in [-0.39, 0.29) is 6.42 Å². The molecule has 1 heterocycles.